The molecular formula is C21H22N2O6. The Labute approximate surface area is 168 Å². The molecule has 0 saturated heterocycles. The Morgan fingerprint density at radius 3 is 2.10 bits per heavy atom. The lowest BCUT2D eigenvalue weighted by Gasteiger charge is -2.21. The first-order valence-corrected chi connectivity index (χ1v) is 8.80. The van der Waals surface area contributed by atoms with Crippen molar-refractivity contribution in [2.45, 2.75) is 13.3 Å². The zero-order chi connectivity index (χ0) is 21.4. The summed E-state index contributed by atoms with van der Waals surface area (Å²) in [6, 6.07) is 12.7. The molecule has 0 saturated carbocycles. The second kappa shape index (κ2) is 10.0. The van der Waals surface area contributed by atoms with Crippen LogP contribution in [0.15, 0.2) is 48.5 Å². The fraction of sp³-hybridized carbons (Fsp3) is 0.238. The van der Waals surface area contributed by atoms with Crippen LogP contribution in [0.5, 0.6) is 0 Å². The third-order valence-electron chi connectivity index (χ3n) is 4.11. The molecule has 2 aromatic rings. The molecule has 8 heteroatoms. The molecule has 0 fully saturated rings. The summed E-state index contributed by atoms with van der Waals surface area (Å²) in [5.74, 6) is -1.53. The maximum absolute atomic E-state index is 12.3. The maximum atomic E-state index is 12.3. The van der Waals surface area contributed by atoms with Crippen molar-refractivity contribution in [1.82, 2.24) is 0 Å². The third-order valence-corrected chi connectivity index (χ3v) is 4.11. The van der Waals surface area contributed by atoms with Crippen molar-refractivity contribution >= 4 is 35.1 Å². The van der Waals surface area contributed by atoms with Gasteiger partial charge in [0.15, 0.2) is 0 Å². The molecule has 0 bridgehead atoms. The summed E-state index contributed by atoms with van der Waals surface area (Å²) in [7, 11) is 2.57. The molecule has 0 unspecified atom stereocenters. The molecule has 0 aliphatic carbocycles. The number of anilines is 2. The molecule has 8 nitrogen and oxygen atoms in total. The second-order valence-electron chi connectivity index (χ2n) is 6.08. The van der Waals surface area contributed by atoms with Crippen molar-refractivity contribution in [2.24, 2.45) is 0 Å². The second-order valence-corrected chi connectivity index (χ2v) is 6.08. The standard InChI is InChI=1S/C21H22N2O6/c1-14(24)23(18-9-7-15(8-10-18)20(26)28-2)12-11-19(25)22-17-6-4-5-16(13-17)21(27)29-3/h4-10,13H,11-12H2,1-3H3,(H,22,25). The van der Waals surface area contributed by atoms with Crippen LogP contribution in [0.1, 0.15) is 34.1 Å². The van der Waals surface area contributed by atoms with Gasteiger partial charge in [-0.3, -0.25) is 9.59 Å². The number of esters is 2. The van der Waals surface area contributed by atoms with E-state index in [4.69, 9.17) is 0 Å². The van der Waals surface area contributed by atoms with Gasteiger partial charge in [0.25, 0.3) is 0 Å². The molecule has 0 heterocycles. The van der Waals surface area contributed by atoms with Gasteiger partial charge in [-0.25, -0.2) is 9.59 Å². The molecule has 0 radical (unpaired) electrons. The highest BCUT2D eigenvalue weighted by Crippen LogP contribution is 2.17. The van der Waals surface area contributed by atoms with Gasteiger partial charge in [-0.1, -0.05) is 6.07 Å². The van der Waals surface area contributed by atoms with Crippen LogP contribution in [0.2, 0.25) is 0 Å². The fourth-order valence-corrected chi connectivity index (χ4v) is 2.64. The topological polar surface area (TPSA) is 102 Å². The van der Waals surface area contributed by atoms with Crippen LogP contribution in [-0.4, -0.2) is 44.5 Å². The average molecular weight is 398 g/mol. The summed E-state index contributed by atoms with van der Waals surface area (Å²) in [6.07, 6.45) is 0.0424. The number of hydrogen-bond acceptors (Lipinski definition) is 6. The van der Waals surface area contributed by atoms with E-state index in [0.717, 1.165) is 0 Å². The number of methoxy groups -OCH3 is 2. The predicted molar refractivity (Wildman–Crippen MR) is 107 cm³/mol. The molecule has 2 aromatic carbocycles. The molecule has 2 rings (SSSR count). The van der Waals surface area contributed by atoms with Gasteiger partial charge in [-0.2, -0.15) is 0 Å². The monoisotopic (exact) mass is 398 g/mol. The van der Waals surface area contributed by atoms with Gasteiger partial charge in [0.05, 0.1) is 25.3 Å². The van der Waals surface area contributed by atoms with Crippen molar-refractivity contribution in [3.63, 3.8) is 0 Å². The van der Waals surface area contributed by atoms with Gasteiger partial charge in [-0.05, 0) is 42.5 Å². The molecule has 0 atom stereocenters. The first-order chi connectivity index (χ1) is 13.8. The maximum Gasteiger partial charge on any atom is 0.337 e. The van der Waals surface area contributed by atoms with E-state index in [-0.39, 0.29) is 24.8 Å². The lowest BCUT2D eigenvalue weighted by atomic mass is 10.2. The Morgan fingerprint density at radius 1 is 0.897 bits per heavy atom. The van der Waals surface area contributed by atoms with E-state index < -0.39 is 11.9 Å². The minimum Gasteiger partial charge on any atom is -0.465 e. The Morgan fingerprint density at radius 2 is 1.52 bits per heavy atom. The summed E-state index contributed by atoms with van der Waals surface area (Å²) in [6.45, 7) is 1.54. The Bertz CT molecular complexity index is 908. The highest BCUT2D eigenvalue weighted by Gasteiger charge is 2.15. The van der Waals surface area contributed by atoms with Crippen LogP contribution in [0.25, 0.3) is 0 Å². The highest BCUT2D eigenvalue weighted by atomic mass is 16.5. The minimum absolute atomic E-state index is 0.0424. The first kappa shape index (κ1) is 21.6. The van der Waals surface area contributed by atoms with E-state index in [1.165, 1.54) is 32.1 Å². The highest BCUT2D eigenvalue weighted by molar-refractivity contribution is 5.97. The smallest absolute Gasteiger partial charge is 0.337 e. The Kier molecular flexibility index (Phi) is 7.47. The van der Waals surface area contributed by atoms with Gasteiger partial charge >= 0.3 is 11.9 Å². The molecule has 1 N–H and O–H groups in total. The zero-order valence-corrected chi connectivity index (χ0v) is 16.4. The molecule has 0 aromatic heterocycles. The van der Waals surface area contributed by atoms with E-state index in [9.17, 15) is 19.2 Å². The van der Waals surface area contributed by atoms with Crippen LogP contribution in [-0.2, 0) is 19.1 Å². The number of amides is 2. The summed E-state index contributed by atoms with van der Waals surface area (Å²) in [4.78, 5) is 48.8. The van der Waals surface area contributed by atoms with E-state index in [0.29, 0.717) is 22.5 Å². The van der Waals surface area contributed by atoms with Crippen LogP contribution in [0, 0.1) is 0 Å². The summed E-state index contributed by atoms with van der Waals surface area (Å²) >= 11 is 0. The van der Waals surface area contributed by atoms with Gasteiger partial charge in [-0.15, -0.1) is 0 Å². The molecule has 29 heavy (non-hydrogen) atoms. The SMILES string of the molecule is COC(=O)c1ccc(N(CCC(=O)Nc2cccc(C(=O)OC)c2)C(C)=O)cc1. The number of ether oxygens (including phenoxy) is 2. The predicted octanol–water partition coefficient (Wildman–Crippen LogP) is 2.64. The Balaban J connectivity index is 2.02. The molecule has 0 aliphatic heterocycles. The van der Waals surface area contributed by atoms with E-state index in [2.05, 4.69) is 14.8 Å². The number of benzene rings is 2. The van der Waals surface area contributed by atoms with E-state index >= 15 is 0 Å². The lowest BCUT2D eigenvalue weighted by molar-refractivity contribution is -0.117. The van der Waals surface area contributed by atoms with Crippen molar-refractivity contribution in [3.05, 3.63) is 59.7 Å². The fourth-order valence-electron chi connectivity index (χ4n) is 2.64. The molecule has 2 amide bonds. The van der Waals surface area contributed by atoms with Gasteiger partial charge in [0.2, 0.25) is 11.8 Å². The summed E-state index contributed by atoms with van der Waals surface area (Å²) in [5, 5.41) is 2.69. The zero-order valence-electron chi connectivity index (χ0n) is 16.4. The van der Waals surface area contributed by atoms with Gasteiger partial charge in [0.1, 0.15) is 0 Å². The number of hydrogen-bond donors (Lipinski definition) is 1. The first-order valence-electron chi connectivity index (χ1n) is 8.80. The van der Waals surface area contributed by atoms with Gasteiger partial charge in [0, 0.05) is 31.3 Å². The molecule has 152 valence electrons. The number of carbonyl (C=O) groups is 4. The van der Waals surface area contributed by atoms with Crippen LogP contribution in [0.3, 0.4) is 0 Å². The number of nitrogens with one attached hydrogen (secondary N) is 1. The quantitative estimate of drug-likeness (QED) is 0.720. The Hall–Kier alpha value is -3.68. The van der Waals surface area contributed by atoms with Crippen molar-refractivity contribution in [3.8, 4) is 0 Å². The van der Waals surface area contributed by atoms with Crippen LogP contribution in [0.4, 0.5) is 11.4 Å². The van der Waals surface area contributed by atoms with E-state index in [1.807, 2.05) is 0 Å². The lowest BCUT2D eigenvalue weighted by Crippen LogP contribution is -2.32. The van der Waals surface area contributed by atoms with Crippen molar-refractivity contribution < 1.29 is 28.7 Å². The normalized spacial score (nSPS) is 10.0. The third kappa shape index (κ3) is 5.90. The number of nitrogens with zero attached hydrogens (tertiary/aromatic N) is 1. The van der Waals surface area contributed by atoms with Gasteiger partial charge < -0.3 is 19.7 Å². The molecule has 0 spiro atoms. The number of carbonyl (C=O) groups excluding carboxylic acids is 4. The van der Waals surface area contributed by atoms with Crippen LogP contribution < -0.4 is 10.2 Å². The average Bonchev–Trinajstić information content (AvgIpc) is 2.73. The molecular weight excluding hydrogens is 376 g/mol. The molecule has 0 aliphatic rings. The summed E-state index contributed by atoms with van der Waals surface area (Å²) < 4.78 is 9.30. The van der Waals surface area contributed by atoms with Crippen LogP contribution >= 0.6 is 0 Å². The van der Waals surface area contributed by atoms with Crippen molar-refractivity contribution in [1.29, 1.82) is 0 Å². The number of rotatable bonds is 7. The van der Waals surface area contributed by atoms with Crippen molar-refractivity contribution in [2.75, 3.05) is 31.0 Å². The van der Waals surface area contributed by atoms with E-state index in [1.54, 1.807) is 42.5 Å². The minimum atomic E-state index is -0.501. The summed E-state index contributed by atoms with van der Waals surface area (Å²) in [5.41, 5.74) is 1.70. The largest absolute Gasteiger partial charge is 0.465 e.